The molecule has 1 aromatic rings. The zero-order valence-corrected chi connectivity index (χ0v) is 13.1. The van der Waals surface area contributed by atoms with Crippen molar-refractivity contribution in [3.05, 3.63) is 15.8 Å². The van der Waals surface area contributed by atoms with Gasteiger partial charge >= 0.3 is 5.69 Å². The number of aromatic nitrogens is 2. The third-order valence-corrected chi connectivity index (χ3v) is 4.19. The summed E-state index contributed by atoms with van der Waals surface area (Å²) in [6.45, 7) is 8.07. The molecule has 1 saturated heterocycles. The Bertz CT molecular complexity index is 512. The van der Waals surface area contributed by atoms with Crippen LogP contribution in [0.5, 0.6) is 0 Å². The highest BCUT2D eigenvalue weighted by Crippen LogP contribution is 2.34. The Morgan fingerprint density at radius 1 is 1.57 bits per heavy atom. The fraction of sp³-hybridized carbons (Fsp3) is 0.786. The molecule has 2 rings (SSSR count). The minimum atomic E-state index is -0.306. The molecule has 2 unspecified atom stereocenters. The van der Waals surface area contributed by atoms with E-state index in [1.807, 2.05) is 13.8 Å². The molecule has 2 atom stereocenters. The molecule has 2 heterocycles. The molecule has 1 fully saturated rings. The molecule has 0 saturated carbocycles. The quantitative estimate of drug-likeness (QED) is 0.663. The number of anilines is 1. The summed E-state index contributed by atoms with van der Waals surface area (Å²) in [5.41, 5.74) is 6.66. The van der Waals surface area contributed by atoms with Crippen LogP contribution in [-0.2, 0) is 6.54 Å². The molecule has 0 spiro atoms. The van der Waals surface area contributed by atoms with Gasteiger partial charge in [0.05, 0.1) is 4.92 Å². The minimum Gasteiger partial charge on any atom is -0.351 e. The highest BCUT2D eigenvalue weighted by molar-refractivity contribution is 5.61. The number of nitro groups is 1. The van der Waals surface area contributed by atoms with Crippen molar-refractivity contribution in [2.75, 3.05) is 18.0 Å². The van der Waals surface area contributed by atoms with Crippen LogP contribution in [0.25, 0.3) is 0 Å². The van der Waals surface area contributed by atoms with E-state index >= 15 is 0 Å². The van der Waals surface area contributed by atoms with E-state index in [1.165, 1.54) is 0 Å². The molecule has 1 aromatic heterocycles. The molecule has 0 aliphatic carbocycles. The number of aryl methyl sites for hydroxylation is 2. The molecule has 7 heteroatoms. The molecule has 2 N–H and O–H groups in total. The summed E-state index contributed by atoms with van der Waals surface area (Å²) in [5, 5.41) is 15.8. The summed E-state index contributed by atoms with van der Waals surface area (Å²) < 4.78 is 1.79. The van der Waals surface area contributed by atoms with Crippen molar-refractivity contribution < 1.29 is 4.92 Å². The van der Waals surface area contributed by atoms with Crippen molar-refractivity contribution in [1.82, 2.24) is 9.78 Å². The third-order valence-electron chi connectivity index (χ3n) is 4.19. The second-order valence-corrected chi connectivity index (χ2v) is 5.95. The van der Waals surface area contributed by atoms with Crippen molar-refractivity contribution in [3.8, 4) is 0 Å². The number of rotatable bonds is 5. The summed E-state index contributed by atoms with van der Waals surface area (Å²) in [4.78, 5) is 13.2. The van der Waals surface area contributed by atoms with Crippen molar-refractivity contribution in [1.29, 1.82) is 0 Å². The molecule has 0 aromatic carbocycles. The van der Waals surface area contributed by atoms with Crippen LogP contribution in [0.1, 0.15) is 38.8 Å². The lowest BCUT2D eigenvalue weighted by Gasteiger charge is -2.35. The second kappa shape index (κ2) is 6.43. The van der Waals surface area contributed by atoms with Gasteiger partial charge in [0.25, 0.3) is 0 Å². The molecule has 0 amide bonds. The van der Waals surface area contributed by atoms with Crippen molar-refractivity contribution in [2.24, 2.45) is 11.7 Å². The first-order valence-corrected chi connectivity index (χ1v) is 7.68. The Labute approximate surface area is 125 Å². The SMILES string of the molecule is CCCn1nc(C)c([N+](=O)[O-])c1N1CCCC(C(C)N)C1. The fourth-order valence-corrected chi connectivity index (χ4v) is 3.09. The molecular formula is C14H25N5O2. The first kappa shape index (κ1) is 15.8. The molecular weight excluding hydrogens is 270 g/mol. The Kier molecular flexibility index (Phi) is 4.82. The van der Waals surface area contributed by atoms with Gasteiger partial charge in [0, 0.05) is 25.7 Å². The van der Waals surface area contributed by atoms with E-state index in [-0.39, 0.29) is 16.7 Å². The van der Waals surface area contributed by atoms with Gasteiger partial charge in [0.1, 0.15) is 5.69 Å². The van der Waals surface area contributed by atoms with Gasteiger partial charge in [-0.15, -0.1) is 0 Å². The number of nitrogens with two attached hydrogens (primary N) is 1. The molecule has 1 aliphatic rings. The molecule has 0 bridgehead atoms. The Balaban J connectivity index is 2.38. The molecule has 21 heavy (non-hydrogen) atoms. The first-order chi connectivity index (χ1) is 9.95. The van der Waals surface area contributed by atoms with Crippen LogP contribution in [0.15, 0.2) is 0 Å². The summed E-state index contributed by atoms with van der Waals surface area (Å²) >= 11 is 0. The van der Waals surface area contributed by atoms with E-state index in [1.54, 1.807) is 11.6 Å². The first-order valence-electron chi connectivity index (χ1n) is 7.68. The Morgan fingerprint density at radius 2 is 2.29 bits per heavy atom. The van der Waals surface area contributed by atoms with Gasteiger partial charge in [-0.2, -0.15) is 5.10 Å². The van der Waals surface area contributed by atoms with Gasteiger partial charge in [0.15, 0.2) is 0 Å². The molecule has 118 valence electrons. The zero-order valence-electron chi connectivity index (χ0n) is 13.1. The topological polar surface area (TPSA) is 90.2 Å². The number of hydrogen-bond donors (Lipinski definition) is 1. The smallest absolute Gasteiger partial charge is 0.333 e. The maximum Gasteiger partial charge on any atom is 0.333 e. The van der Waals surface area contributed by atoms with E-state index in [9.17, 15) is 10.1 Å². The van der Waals surface area contributed by atoms with Gasteiger partial charge in [-0.3, -0.25) is 10.1 Å². The van der Waals surface area contributed by atoms with Crippen LogP contribution in [0, 0.1) is 23.0 Å². The minimum absolute atomic E-state index is 0.107. The third kappa shape index (κ3) is 3.18. The van der Waals surface area contributed by atoms with Gasteiger partial charge in [-0.25, -0.2) is 4.68 Å². The lowest BCUT2D eigenvalue weighted by atomic mass is 9.92. The lowest BCUT2D eigenvalue weighted by Crippen LogP contribution is -2.43. The van der Waals surface area contributed by atoms with Gasteiger partial charge in [0.2, 0.25) is 5.82 Å². The molecule has 7 nitrogen and oxygen atoms in total. The van der Waals surface area contributed by atoms with Crippen LogP contribution >= 0.6 is 0 Å². The van der Waals surface area contributed by atoms with Crippen LogP contribution in [0.3, 0.4) is 0 Å². The summed E-state index contributed by atoms with van der Waals surface area (Å²) in [6.07, 6.45) is 3.00. The largest absolute Gasteiger partial charge is 0.351 e. The van der Waals surface area contributed by atoms with Gasteiger partial charge < -0.3 is 10.6 Å². The van der Waals surface area contributed by atoms with E-state index in [0.29, 0.717) is 24.0 Å². The highest BCUT2D eigenvalue weighted by Gasteiger charge is 2.32. The predicted molar refractivity (Wildman–Crippen MR) is 82.5 cm³/mol. The summed E-state index contributed by atoms with van der Waals surface area (Å²) in [7, 11) is 0. The van der Waals surface area contributed by atoms with Crippen LogP contribution in [0.4, 0.5) is 11.5 Å². The molecule has 1 aliphatic heterocycles. The standard InChI is InChI=1S/C14H25N5O2/c1-4-7-18-14(13(19(20)21)11(3)16-18)17-8-5-6-12(9-17)10(2)15/h10,12H,4-9,15H2,1-3H3. The van der Waals surface area contributed by atoms with E-state index in [0.717, 1.165) is 32.4 Å². The van der Waals surface area contributed by atoms with Crippen molar-refractivity contribution in [2.45, 2.75) is 52.6 Å². The Hall–Kier alpha value is -1.63. The van der Waals surface area contributed by atoms with E-state index in [2.05, 4.69) is 10.00 Å². The zero-order chi connectivity index (χ0) is 15.6. The van der Waals surface area contributed by atoms with Crippen LogP contribution < -0.4 is 10.6 Å². The predicted octanol–water partition coefficient (Wildman–Crippen LogP) is 2.07. The lowest BCUT2D eigenvalue weighted by molar-refractivity contribution is -0.384. The van der Waals surface area contributed by atoms with E-state index in [4.69, 9.17) is 5.73 Å². The van der Waals surface area contributed by atoms with Crippen molar-refractivity contribution >= 4 is 11.5 Å². The average Bonchev–Trinajstić information content (AvgIpc) is 2.76. The number of nitrogens with zero attached hydrogens (tertiary/aromatic N) is 4. The van der Waals surface area contributed by atoms with Crippen LogP contribution in [0.2, 0.25) is 0 Å². The monoisotopic (exact) mass is 295 g/mol. The maximum atomic E-state index is 11.4. The van der Waals surface area contributed by atoms with Crippen LogP contribution in [-0.4, -0.2) is 33.8 Å². The highest BCUT2D eigenvalue weighted by atomic mass is 16.6. The second-order valence-electron chi connectivity index (χ2n) is 5.95. The van der Waals surface area contributed by atoms with Crippen molar-refractivity contribution in [3.63, 3.8) is 0 Å². The average molecular weight is 295 g/mol. The number of hydrogen-bond acceptors (Lipinski definition) is 5. The normalized spacial score (nSPS) is 20.6. The summed E-state index contributed by atoms with van der Waals surface area (Å²) in [5.74, 6) is 1.04. The molecule has 0 radical (unpaired) electrons. The maximum absolute atomic E-state index is 11.4. The summed E-state index contributed by atoms with van der Waals surface area (Å²) in [6, 6.07) is 0.107. The Morgan fingerprint density at radius 3 is 2.86 bits per heavy atom. The van der Waals surface area contributed by atoms with Gasteiger partial charge in [-0.05, 0) is 39.0 Å². The fourth-order valence-electron chi connectivity index (χ4n) is 3.09. The van der Waals surface area contributed by atoms with Gasteiger partial charge in [-0.1, -0.05) is 6.92 Å². The van der Waals surface area contributed by atoms with E-state index < -0.39 is 0 Å². The number of piperidine rings is 1.